The molecule has 0 unspecified atom stereocenters. The Bertz CT molecular complexity index is 215. The lowest BCUT2D eigenvalue weighted by atomic mass is 10.1. The van der Waals surface area contributed by atoms with Crippen molar-refractivity contribution in [3.63, 3.8) is 0 Å². The van der Waals surface area contributed by atoms with E-state index in [2.05, 4.69) is 6.92 Å². The lowest BCUT2D eigenvalue weighted by Gasteiger charge is -2.04. The molecule has 0 N–H and O–H groups in total. The van der Waals surface area contributed by atoms with Crippen molar-refractivity contribution in [2.75, 3.05) is 18.1 Å². The molecule has 0 saturated heterocycles. The number of thioether (sulfide) groups is 1. The molecule has 0 aliphatic heterocycles. The van der Waals surface area contributed by atoms with Crippen LogP contribution in [0.3, 0.4) is 0 Å². The Kier molecular flexibility index (Phi) is 9.45. The Balaban J connectivity index is 1.75. The highest BCUT2D eigenvalue weighted by atomic mass is 32.2. The number of carbonyl (C=O) groups excluding carboxylic acids is 1. The van der Waals surface area contributed by atoms with Crippen LogP contribution in [-0.4, -0.2) is 24.1 Å². The molecule has 2 nitrogen and oxygen atoms in total. The first-order valence-corrected chi connectivity index (χ1v) is 8.71. The lowest BCUT2D eigenvalue weighted by Crippen LogP contribution is -2.07. The van der Waals surface area contributed by atoms with E-state index in [1.165, 1.54) is 50.7 Å². The van der Waals surface area contributed by atoms with Crippen LogP contribution in [0.5, 0.6) is 0 Å². The highest BCUT2D eigenvalue weighted by molar-refractivity contribution is 7.99. The fraction of sp³-hybridized carbons (Fsp3) is 0.933. The van der Waals surface area contributed by atoms with Gasteiger partial charge in [-0.05, 0) is 24.5 Å². The normalized spacial score (nSPS) is 14.7. The van der Waals surface area contributed by atoms with Gasteiger partial charge in [0.1, 0.15) is 6.61 Å². The molecule has 106 valence electrons. The fourth-order valence-corrected chi connectivity index (χ4v) is 2.69. The maximum atomic E-state index is 11.4. The first-order valence-electron chi connectivity index (χ1n) is 7.56. The molecule has 0 spiro atoms. The molecule has 1 aliphatic rings. The number of hydrogen-bond acceptors (Lipinski definition) is 3. The zero-order valence-corrected chi connectivity index (χ0v) is 12.6. The zero-order chi connectivity index (χ0) is 13.1. The van der Waals surface area contributed by atoms with Gasteiger partial charge >= 0.3 is 5.97 Å². The minimum atomic E-state index is -0.00529. The van der Waals surface area contributed by atoms with Crippen molar-refractivity contribution < 1.29 is 9.53 Å². The molecule has 3 heteroatoms. The van der Waals surface area contributed by atoms with E-state index in [9.17, 15) is 4.79 Å². The van der Waals surface area contributed by atoms with Gasteiger partial charge in [-0.1, -0.05) is 45.4 Å². The second-order valence-electron chi connectivity index (χ2n) is 5.23. The largest absolute Gasteiger partial charge is 0.465 e. The van der Waals surface area contributed by atoms with Gasteiger partial charge in [-0.3, -0.25) is 4.79 Å². The molecule has 0 atom stereocenters. The summed E-state index contributed by atoms with van der Waals surface area (Å²) in [6.45, 7) is 2.76. The molecule has 0 aromatic rings. The lowest BCUT2D eigenvalue weighted by molar-refractivity contribution is -0.143. The van der Waals surface area contributed by atoms with Gasteiger partial charge in [0.2, 0.25) is 0 Å². The Morgan fingerprint density at radius 3 is 2.67 bits per heavy atom. The molecular formula is C15H28O2S. The van der Waals surface area contributed by atoms with Crippen molar-refractivity contribution in [3.05, 3.63) is 0 Å². The average Bonchev–Trinajstić information content (AvgIpc) is 3.17. The van der Waals surface area contributed by atoms with E-state index < -0.39 is 0 Å². The summed E-state index contributed by atoms with van der Waals surface area (Å²) in [5.74, 6) is 3.16. The molecule has 0 amide bonds. The van der Waals surface area contributed by atoms with Crippen LogP contribution in [0.25, 0.3) is 0 Å². The highest BCUT2D eigenvalue weighted by Gasteiger charge is 2.19. The molecule has 0 aromatic heterocycles. The van der Waals surface area contributed by atoms with Crippen LogP contribution in [0.15, 0.2) is 0 Å². The van der Waals surface area contributed by atoms with Gasteiger partial charge in [-0.25, -0.2) is 0 Å². The molecular weight excluding hydrogens is 244 g/mol. The van der Waals surface area contributed by atoms with Gasteiger partial charge in [-0.2, -0.15) is 11.8 Å². The van der Waals surface area contributed by atoms with Crippen LogP contribution in [0.2, 0.25) is 0 Å². The van der Waals surface area contributed by atoms with Crippen molar-refractivity contribution in [1.82, 2.24) is 0 Å². The molecule has 1 fully saturated rings. The number of carbonyl (C=O) groups is 1. The predicted octanol–water partition coefficient (Wildman–Crippen LogP) is 4.42. The minimum Gasteiger partial charge on any atom is -0.465 e. The summed E-state index contributed by atoms with van der Waals surface area (Å²) in [7, 11) is 0. The number of unbranched alkanes of at least 4 members (excludes halogenated alkanes) is 3. The second kappa shape index (κ2) is 10.7. The van der Waals surface area contributed by atoms with Crippen LogP contribution < -0.4 is 0 Å². The predicted molar refractivity (Wildman–Crippen MR) is 79.0 cm³/mol. The van der Waals surface area contributed by atoms with E-state index in [1.54, 1.807) is 0 Å². The summed E-state index contributed by atoms with van der Waals surface area (Å²) in [4.78, 5) is 11.4. The van der Waals surface area contributed by atoms with Crippen molar-refractivity contribution in [2.45, 2.75) is 64.7 Å². The van der Waals surface area contributed by atoms with Gasteiger partial charge < -0.3 is 4.74 Å². The van der Waals surface area contributed by atoms with E-state index in [-0.39, 0.29) is 5.97 Å². The first kappa shape index (κ1) is 15.9. The van der Waals surface area contributed by atoms with Gasteiger partial charge in [0.25, 0.3) is 0 Å². The quantitative estimate of drug-likeness (QED) is 0.388. The molecule has 1 rings (SSSR count). The highest BCUT2D eigenvalue weighted by Crippen LogP contribution is 2.34. The average molecular weight is 272 g/mol. The standard InChI is InChI=1S/C15H28O2S/c1-2-12-18-13-11-17-15(16)8-6-4-3-5-7-14-9-10-14/h14H,2-13H2,1H3. The van der Waals surface area contributed by atoms with Crippen molar-refractivity contribution in [3.8, 4) is 0 Å². The molecule has 18 heavy (non-hydrogen) atoms. The van der Waals surface area contributed by atoms with E-state index in [4.69, 9.17) is 4.74 Å². The topological polar surface area (TPSA) is 26.3 Å². The van der Waals surface area contributed by atoms with Gasteiger partial charge in [0.05, 0.1) is 0 Å². The van der Waals surface area contributed by atoms with Gasteiger partial charge in [0.15, 0.2) is 0 Å². The summed E-state index contributed by atoms with van der Waals surface area (Å²) in [6, 6.07) is 0. The first-order chi connectivity index (χ1) is 8.83. The molecule has 0 aromatic carbocycles. The van der Waals surface area contributed by atoms with Crippen molar-refractivity contribution in [2.24, 2.45) is 5.92 Å². The number of rotatable bonds is 12. The zero-order valence-electron chi connectivity index (χ0n) is 11.8. The third-order valence-corrected chi connectivity index (χ3v) is 4.43. The molecule has 1 saturated carbocycles. The van der Waals surface area contributed by atoms with Gasteiger partial charge in [-0.15, -0.1) is 0 Å². The summed E-state index contributed by atoms with van der Waals surface area (Å²) in [6.07, 6.45) is 11.0. The summed E-state index contributed by atoms with van der Waals surface area (Å²) in [5, 5.41) is 0. The third kappa shape index (κ3) is 9.81. The third-order valence-electron chi connectivity index (χ3n) is 3.28. The Morgan fingerprint density at radius 1 is 1.17 bits per heavy atom. The number of hydrogen-bond donors (Lipinski definition) is 0. The smallest absolute Gasteiger partial charge is 0.305 e. The van der Waals surface area contributed by atoms with Gasteiger partial charge in [0, 0.05) is 12.2 Å². The maximum absolute atomic E-state index is 11.4. The maximum Gasteiger partial charge on any atom is 0.305 e. The Morgan fingerprint density at radius 2 is 1.94 bits per heavy atom. The van der Waals surface area contributed by atoms with E-state index in [0.717, 1.165) is 18.1 Å². The van der Waals surface area contributed by atoms with Crippen LogP contribution in [-0.2, 0) is 9.53 Å². The van der Waals surface area contributed by atoms with Crippen LogP contribution >= 0.6 is 11.8 Å². The second-order valence-corrected chi connectivity index (χ2v) is 6.45. The van der Waals surface area contributed by atoms with Crippen molar-refractivity contribution >= 4 is 17.7 Å². The minimum absolute atomic E-state index is 0.00529. The summed E-state index contributed by atoms with van der Waals surface area (Å²) in [5.41, 5.74) is 0. The van der Waals surface area contributed by atoms with E-state index in [0.29, 0.717) is 13.0 Å². The number of esters is 1. The fourth-order valence-electron chi connectivity index (χ4n) is 2.00. The Labute approximate surface area is 116 Å². The van der Waals surface area contributed by atoms with E-state index in [1.807, 2.05) is 11.8 Å². The molecule has 0 bridgehead atoms. The van der Waals surface area contributed by atoms with Crippen LogP contribution in [0.1, 0.15) is 64.7 Å². The van der Waals surface area contributed by atoms with Crippen LogP contribution in [0.4, 0.5) is 0 Å². The molecule has 0 heterocycles. The summed E-state index contributed by atoms with van der Waals surface area (Å²) < 4.78 is 5.18. The SMILES string of the molecule is CCCSCCOC(=O)CCCCCCC1CC1. The van der Waals surface area contributed by atoms with Crippen molar-refractivity contribution in [1.29, 1.82) is 0 Å². The number of ether oxygens (including phenoxy) is 1. The molecule has 0 radical (unpaired) electrons. The van der Waals surface area contributed by atoms with E-state index >= 15 is 0 Å². The monoisotopic (exact) mass is 272 g/mol. The molecule has 1 aliphatic carbocycles. The summed E-state index contributed by atoms with van der Waals surface area (Å²) >= 11 is 1.86. The Hall–Kier alpha value is -0.180. The van der Waals surface area contributed by atoms with Crippen LogP contribution in [0, 0.1) is 5.92 Å².